The monoisotopic (exact) mass is 366 g/mol. The van der Waals surface area contributed by atoms with Crippen molar-refractivity contribution >= 4 is 17.4 Å². The number of nitrogens with one attached hydrogen (secondary N) is 1. The van der Waals surface area contributed by atoms with Gasteiger partial charge in [0.2, 0.25) is 0 Å². The molecule has 138 valence electrons. The first kappa shape index (κ1) is 19.3. The number of hydrazone groups is 1. The van der Waals surface area contributed by atoms with Crippen LogP contribution in [0, 0.1) is 0 Å². The molecule has 0 unspecified atom stereocenters. The highest BCUT2D eigenvalue weighted by atomic mass is 19.4. The van der Waals surface area contributed by atoms with Crippen molar-refractivity contribution in [3.05, 3.63) is 54.1 Å². The van der Waals surface area contributed by atoms with E-state index in [9.17, 15) is 18.0 Å². The number of hydrogen-bond donors (Lipinski definition) is 1. The number of benzene rings is 2. The molecule has 2 aromatic rings. The highest BCUT2D eigenvalue weighted by Crippen LogP contribution is 2.31. The van der Waals surface area contributed by atoms with E-state index in [1.165, 1.54) is 19.1 Å². The van der Waals surface area contributed by atoms with E-state index < -0.39 is 17.7 Å². The van der Waals surface area contributed by atoms with Gasteiger partial charge in [0.1, 0.15) is 17.2 Å². The normalized spacial score (nSPS) is 11.8. The van der Waals surface area contributed by atoms with Gasteiger partial charge >= 0.3 is 12.1 Å². The van der Waals surface area contributed by atoms with Crippen molar-refractivity contribution in [1.29, 1.82) is 0 Å². The number of carbonyl (C=O) groups is 1. The summed E-state index contributed by atoms with van der Waals surface area (Å²) in [6.07, 6.45) is -4.38. The standard InChI is InChI=1S/C18H17F3N2O3/c1-3-25-17(24)12(2)22-23-14-6-10-16(11-7-14)26-15-8-4-13(5-9-15)18(19,20)21/h4-11,23H,3H2,1-2H3. The van der Waals surface area contributed by atoms with E-state index in [0.717, 1.165) is 12.1 Å². The molecule has 0 atom stereocenters. The average molecular weight is 366 g/mol. The Hall–Kier alpha value is -3.03. The average Bonchev–Trinajstić information content (AvgIpc) is 2.61. The third-order valence-corrected chi connectivity index (χ3v) is 3.20. The molecule has 0 bridgehead atoms. The highest BCUT2D eigenvalue weighted by Gasteiger charge is 2.30. The second-order valence-electron chi connectivity index (χ2n) is 5.18. The molecule has 8 heteroatoms. The Morgan fingerprint density at radius 3 is 2.08 bits per heavy atom. The van der Waals surface area contributed by atoms with Crippen molar-refractivity contribution in [2.75, 3.05) is 12.0 Å². The van der Waals surface area contributed by atoms with Crippen LogP contribution in [0.15, 0.2) is 53.6 Å². The van der Waals surface area contributed by atoms with Gasteiger partial charge in [-0.25, -0.2) is 4.79 Å². The Morgan fingerprint density at radius 1 is 1.04 bits per heavy atom. The summed E-state index contributed by atoms with van der Waals surface area (Å²) in [5.41, 5.74) is 2.75. The van der Waals surface area contributed by atoms with Crippen molar-refractivity contribution in [3.8, 4) is 11.5 Å². The van der Waals surface area contributed by atoms with E-state index in [-0.39, 0.29) is 18.1 Å². The van der Waals surface area contributed by atoms with Crippen LogP contribution in [0.2, 0.25) is 0 Å². The molecule has 26 heavy (non-hydrogen) atoms. The van der Waals surface area contributed by atoms with E-state index in [2.05, 4.69) is 10.5 Å². The summed E-state index contributed by atoms with van der Waals surface area (Å²) in [5, 5.41) is 3.90. The van der Waals surface area contributed by atoms with E-state index in [4.69, 9.17) is 9.47 Å². The van der Waals surface area contributed by atoms with Gasteiger partial charge in [0.25, 0.3) is 0 Å². The van der Waals surface area contributed by atoms with Gasteiger partial charge in [0.05, 0.1) is 17.9 Å². The van der Waals surface area contributed by atoms with Gasteiger partial charge in [-0.1, -0.05) is 0 Å². The molecule has 2 aromatic carbocycles. The predicted molar refractivity (Wildman–Crippen MR) is 91.3 cm³/mol. The number of nitrogens with zero attached hydrogens (tertiary/aromatic N) is 1. The number of esters is 1. The number of halogens is 3. The van der Waals surface area contributed by atoms with Crippen LogP contribution >= 0.6 is 0 Å². The minimum atomic E-state index is -4.38. The van der Waals surface area contributed by atoms with Crippen molar-refractivity contribution < 1.29 is 27.4 Å². The summed E-state index contributed by atoms with van der Waals surface area (Å²) in [7, 11) is 0. The van der Waals surface area contributed by atoms with E-state index >= 15 is 0 Å². The fourth-order valence-corrected chi connectivity index (χ4v) is 1.88. The lowest BCUT2D eigenvalue weighted by Gasteiger charge is -2.09. The van der Waals surface area contributed by atoms with Gasteiger partial charge in [0, 0.05) is 0 Å². The van der Waals surface area contributed by atoms with Gasteiger partial charge in [-0.3, -0.25) is 5.43 Å². The topological polar surface area (TPSA) is 59.9 Å². The second kappa shape index (κ2) is 8.37. The summed E-state index contributed by atoms with van der Waals surface area (Å²) in [4.78, 5) is 11.4. The highest BCUT2D eigenvalue weighted by molar-refractivity contribution is 6.35. The van der Waals surface area contributed by atoms with Crippen LogP contribution in [0.25, 0.3) is 0 Å². The Balaban J connectivity index is 1.97. The van der Waals surface area contributed by atoms with Crippen LogP contribution in [-0.2, 0) is 15.7 Å². The quantitative estimate of drug-likeness (QED) is 0.451. The predicted octanol–water partition coefficient (Wildman–Crippen LogP) is 4.85. The van der Waals surface area contributed by atoms with Crippen molar-refractivity contribution in [1.82, 2.24) is 0 Å². The molecule has 0 heterocycles. The fourth-order valence-electron chi connectivity index (χ4n) is 1.88. The maximum atomic E-state index is 12.5. The number of anilines is 1. The number of ether oxygens (including phenoxy) is 2. The molecule has 0 amide bonds. The zero-order chi connectivity index (χ0) is 19.2. The first-order valence-corrected chi connectivity index (χ1v) is 7.72. The molecule has 0 radical (unpaired) electrons. The molecule has 0 spiro atoms. The lowest BCUT2D eigenvalue weighted by Crippen LogP contribution is -2.15. The molecule has 0 aliphatic carbocycles. The van der Waals surface area contributed by atoms with Crippen molar-refractivity contribution in [3.63, 3.8) is 0 Å². The molecule has 0 saturated carbocycles. The zero-order valence-corrected chi connectivity index (χ0v) is 14.1. The summed E-state index contributed by atoms with van der Waals surface area (Å²) in [5.74, 6) is 0.221. The van der Waals surface area contributed by atoms with Crippen LogP contribution < -0.4 is 10.2 Å². The first-order valence-electron chi connectivity index (χ1n) is 7.72. The third-order valence-electron chi connectivity index (χ3n) is 3.20. The minimum absolute atomic E-state index is 0.178. The summed E-state index contributed by atoms with van der Waals surface area (Å²) < 4.78 is 47.9. The van der Waals surface area contributed by atoms with E-state index in [0.29, 0.717) is 11.4 Å². The van der Waals surface area contributed by atoms with Crippen LogP contribution in [0.1, 0.15) is 19.4 Å². The number of hydrogen-bond acceptors (Lipinski definition) is 5. The molecule has 0 aromatic heterocycles. The van der Waals surface area contributed by atoms with Crippen LogP contribution in [0.5, 0.6) is 11.5 Å². The molecule has 5 nitrogen and oxygen atoms in total. The molecular formula is C18H17F3N2O3. The summed E-state index contributed by atoms with van der Waals surface area (Å²) >= 11 is 0. The molecule has 0 saturated heterocycles. The van der Waals surface area contributed by atoms with Crippen LogP contribution in [0.4, 0.5) is 18.9 Å². The summed E-state index contributed by atoms with van der Waals surface area (Å²) in [6.45, 7) is 3.49. The largest absolute Gasteiger partial charge is 0.461 e. The maximum absolute atomic E-state index is 12.5. The third kappa shape index (κ3) is 5.51. The van der Waals surface area contributed by atoms with Crippen molar-refractivity contribution in [2.24, 2.45) is 5.10 Å². The fraction of sp³-hybridized carbons (Fsp3) is 0.222. The summed E-state index contributed by atoms with van der Waals surface area (Å²) in [6, 6.07) is 11.0. The zero-order valence-electron chi connectivity index (χ0n) is 14.1. The van der Waals surface area contributed by atoms with Gasteiger partial charge in [-0.05, 0) is 62.4 Å². The van der Waals surface area contributed by atoms with Crippen LogP contribution in [0.3, 0.4) is 0 Å². The lowest BCUT2D eigenvalue weighted by molar-refractivity contribution is -0.137. The van der Waals surface area contributed by atoms with Gasteiger partial charge < -0.3 is 9.47 Å². The molecule has 0 aliphatic heterocycles. The van der Waals surface area contributed by atoms with Gasteiger partial charge in [-0.2, -0.15) is 18.3 Å². The Labute approximate surface area is 148 Å². The Bertz CT molecular complexity index is 770. The second-order valence-corrected chi connectivity index (χ2v) is 5.18. The minimum Gasteiger partial charge on any atom is -0.461 e. The molecule has 0 aliphatic rings. The van der Waals surface area contributed by atoms with Crippen LogP contribution in [-0.4, -0.2) is 18.3 Å². The van der Waals surface area contributed by atoms with Gasteiger partial charge in [-0.15, -0.1) is 0 Å². The van der Waals surface area contributed by atoms with Crippen molar-refractivity contribution in [2.45, 2.75) is 20.0 Å². The Morgan fingerprint density at radius 2 is 1.58 bits per heavy atom. The SMILES string of the molecule is CCOC(=O)C(C)=NNc1ccc(Oc2ccc(C(F)(F)F)cc2)cc1. The lowest BCUT2D eigenvalue weighted by atomic mass is 10.2. The van der Waals surface area contributed by atoms with E-state index in [1.807, 2.05) is 0 Å². The molecule has 1 N–H and O–H groups in total. The number of rotatable bonds is 6. The Kier molecular flexibility index (Phi) is 6.21. The maximum Gasteiger partial charge on any atom is 0.416 e. The molecule has 2 rings (SSSR count). The number of carbonyl (C=O) groups excluding carboxylic acids is 1. The van der Waals surface area contributed by atoms with Gasteiger partial charge in [0.15, 0.2) is 0 Å². The smallest absolute Gasteiger partial charge is 0.416 e. The molecule has 0 fully saturated rings. The molecular weight excluding hydrogens is 349 g/mol. The van der Waals surface area contributed by atoms with E-state index in [1.54, 1.807) is 31.2 Å². The first-order chi connectivity index (χ1) is 12.3. The number of alkyl halides is 3.